The van der Waals surface area contributed by atoms with Gasteiger partial charge in [-0.2, -0.15) is 0 Å². The minimum Gasteiger partial charge on any atom is -0.454 e. The topological polar surface area (TPSA) is 74.2 Å². The molecule has 0 saturated carbocycles. The number of methoxy groups -OCH3 is 1. The number of carbonyl (C=O) groups is 1. The lowest BCUT2D eigenvalue weighted by atomic mass is 9.99. The van der Waals surface area contributed by atoms with Crippen LogP contribution in [0, 0.1) is 0 Å². The molecule has 0 bridgehead atoms. The van der Waals surface area contributed by atoms with Gasteiger partial charge in [-0.15, -0.1) is 0 Å². The second kappa shape index (κ2) is 7.69. The summed E-state index contributed by atoms with van der Waals surface area (Å²) in [7, 11) is 1.44. The van der Waals surface area contributed by atoms with E-state index in [0.29, 0.717) is 6.61 Å². The van der Waals surface area contributed by atoms with Gasteiger partial charge in [0.1, 0.15) is 12.2 Å². The van der Waals surface area contributed by atoms with Gasteiger partial charge in [0.05, 0.1) is 12.7 Å². The smallest absolute Gasteiger partial charge is 0.303 e. The number of hydrogen-bond donors (Lipinski definition) is 1. The highest BCUT2D eigenvalue weighted by atomic mass is 16.7. The van der Waals surface area contributed by atoms with E-state index in [9.17, 15) is 9.90 Å². The van der Waals surface area contributed by atoms with Gasteiger partial charge >= 0.3 is 5.97 Å². The molecule has 1 aliphatic heterocycles. The third-order valence-corrected chi connectivity index (χ3v) is 3.57. The average molecular weight is 310 g/mol. The molecule has 1 aliphatic rings. The summed E-state index contributed by atoms with van der Waals surface area (Å²) in [6.07, 6.45) is -3.77. The largest absolute Gasteiger partial charge is 0.454 e. The number of aliphatic hydroxyl groups excluding tert-OH is 1. The van der Waals surface area contributed by atoms with Crippen LogP contribution in [0.5, 0.6) is 0 Å². The Balaban J connectivity index is 2.04. The fourth-order valence-electron chi connectivity index (χ4n) is 2.50. The standard InChI is InChI=1S/C16H22O6/c1-10-14(20-9-12-7-5-4-6-8-12)13(18)15(22-11(2)17)16(19-3)21-10/h4-8,10,13-16,18H,9H2,1-3H3/t10?,13-,14-,15?,16+/m0/s1. The Kier molecular flexibility index (Phi) is 5.90. The maximum absolute atomic E-state index is 11.2. The van der Waals surface area contributed by atoms with Crippen molar-refractivity contribution in [2.75, 3.05) is 7.11 Å². The van der Waals surface area contributed by atoms with Crippen LogP contribution in [0.15, 0.2) is 30.3 Å². The predicted molar refractivity (Wildman–Crippen MR) is 77.9 cm³/mol. The van der Waals surface area contributed by atoms with E-state index in [-0.39, 0.29) is 0 Å². The van der Waals surface area contributed by atoms with Crippen molar-refractivity contribution in [3.63, 3.8) is 0 Å². The third kappa shape index (κ3) is 4.04. The molecule has 6 heteroatoms. The number of benzene rings is 1. The van der Waals surface area contributed by atoms with Gasteiger partial charge in [0.2, 0.25) is 0 Å². The molecule has 5 atom stereocenters. The first-order chi connectivity index (χ1) is 10.5. The molecule has 1 aromatic rings. The van der Waals surface area contributed by atoms with Gasteiger partial charge < -0.3 is 24.1 Å². The molecule has 1 aromatic carbocycles. The second-order valence-electron chi connectivity index (χ2n) is 5.27. The summed E-state index contributed by atoms with van der Waals surface area (Å²) in [4.78, 5) is 11.2. The number of ether oxygens (including phenoxy) is 4. The SMILES string of the molecule is CO[C@@H]1OC(C)[C@H](OCc2ccccc2)[C@H](O)C1OC(C)=O. The molecule has 22 heavy (non-hydrogen) atoms. The highest BCUT2D eigenvalue weighted by Crippen LogP contribution is 2.26. The Morgan fingerprint density at radius 3 is 2.55 bits per heavy atom. The minimum absolute atomic E-state index is 0.334. The monoisotopic (exact) mass is 310 g/mol. The van der Waals surface area contributed by atoms with Crippen LogP contribution < -0.4 is 0 Å². The lowest BCUT2D eigenvalue weighted by molar-refractivity contribution is -0.298. The van der Waals surface area contributed by atoms with Gasteiger partial charge in [0.25, 0.3) is 0 Å². The zero-order chi connectivity index (χ0) is 16.1. The molecule has 0 aliphatic carbocycles. The molecule has 1 N–H and O–H groups in total. The molecule has 1 saturated heterocycles. The first-order valence-corrected chi connectivity index (χ1v) is 7.22. The molecule has 1 heterocycles. The predicted octanol–water partition coefficient (Wildman–Crippen LogP) is 1.26. The van der Waals surface area contributed by atoms with Crippen LogP contribution in [0.1, 0.15) is 19.4 Å². The van der Waals surface area contributed by atoms with E-state index >= 15 is 0 Å². The molecule has 0 radical (unpaired) electrons. The second-order valence-corrected chi connectivity index (χ2v) is 5.27. The molecule has 122 valence electrons. The van der Waals surface area contributed by atoms with Gasteiger partial charge in [0.15, 0.2) is 12.4 Å². The van der Waals surface area contributed by atoms with Crippen LogP contribution in [0.4, 0.5) is 0 Å². The molecule has 6 nitrogen and oxygen atoms in total. The van der Waals surface area contributed by atoms with E-state index in [1.807, 2.05) is 30.3 Å². The van der Waals surface area contributed by atoms with Crippen LogP contribution >= 0.6 is 0 Å². The summed E-state index contributed by atoms with van der Waals surface area (Å²) < 4.78 is 21.7. The van der Waals surface area contributed by atoms with Gasteiger partial charge in [-0.05, 0) is 12.5 Å². The van der Waals surface area contributed by atoms with Gasteiger partial charge in [-0.25, -0.2) is 0 Å². The Bertz CT molecular complexity index is 477. The summed E-state index contributed by atoms with van der Waals surface area (Å²) in [5.74, 6) is -0.508. The summed E-state index contributed by atoms with van der Waals surface area (Å²) in [6, 6.07) is 9.62. The van der Waals surface area contributed by atoms with Crippen LogP contribution in [0.2, 0.25) is 0 Å². The third-order valence-electron chi connectivity index (χ3n) is 3.57. The van der Waals surface area contributed by atoms with Crippen LogP contribution in [-0.2, 0) is 30.3 Å². The molecular weight excluding hydrogens is 288 g/mol. The van der Waals surface area contributed by atoms with Gasteiger partial charge in [-0.1, -0.05) is 30.3 Å². The highest BCUT2D eigenvalue weighted by Gasteiger charge is 2.46. The van der Waals surface area contributed by atoms with E-state index in [4.69, 9.17) is 18.9 Å². The fraction of sp³-hybridized carbons (Fsp3) is 0.562. The number of aliphatic hydroxyl groups is 1. The Hall–Kier alpha value is -1.47. The van der Waals surface area contributed by atoms with Crippen molar-refractivity contribution in [3.05, 3.63) is 35.9 Å². The van der Waals surface area contributed by atoms with Crippen molar-refractivity contribution in [2.24, 2.45) is 0 Å². The van der Waals surface area contributed by atoms with E-state index in [0.717, 1.165) is 5.56 Å². The molecule has 2 unspecified atom stereocenters. The molecule has 0 spiro atoms. The van der Waals surface area contributed by atoms with Crippen molar-refractivity contribution in [1.29, 1.82) is 0 Å². The molecule has 1 fully saturated rings. The molecule has 0 amide bonds. The maximum Gasteiger partial charge on any atom is 0.303 e. The molecule has 0 aromatic heterocycles. The maximum atomic E-state index is 11.2. The molecular formula is C16H22O6. The minimum atomic E-state index is -1.03. The van der Waals surface area contributed by atoms with E-state index in [1.54, 1.807) is 6.92 Å². The van der Waals surface area contributed by atoms with Gasteiger partial charge in [-0.3, -0.25) is 4.79 Å². The first-order valence-electron chi connectivity index (χ1n) is 7.22. The zero-order valence-electron chi connectivity index (χ0n) is 13.0. The Morgan fingerprint density at radius 2 is 1.95 bits per heavy atom. The summed E-state index contributed by atoms with van der Waals surface area (Å²) in [6.45, 7) is 3.40. The quantitative estimate of drug-likeness (QED) is 0.825. The van der Waals surface area contributed by atoms with E-state index in [2.05, 4.69) is 0 Å². The van der Waals surface area contributed by atoms with E-state index < -0.39 is 36.7 Å². The normalized spacial score (nSPS) is 31.7. The number of hydrogen-bond acceptors (Lipinski definition) is 6. The van der Waals surface area contributed by atoms with Crippen molar-refractivity contribution in [2.45, 2.75) is 51.2 Å². The van der Waals surface area contributed by atoms with Crippen molar-refractivity contribution in [3.8, 4) is 0 Å². The number of carbonyl (C=O) groups excluding carboxylic acids is 1. The summed E-state index contributed by atoms with van der Waals surface area (Å²) in [5, 5.41) is 10.5. The highest BCUT2D eigenvalue weighted by molar-refractivity contribution is 5.66. The number of rotatable bonds is 5. The van der Waals surface area contributed by atoms with Crippen LogP contribution in [0.25, 0.3) is 0 Å². The van der Waals surface area contributed by atoms with Crippen molar-refractivity contribution < 1.29 is 28.8 Å². The lowest BCUT2D eigenvalue weighted by Crippen LogP contribution is -2.59. The fourth-order valence-corrected chi connectivity index (χ4v) is 2.50. The van der Waals surface area contributed by atoms with Gasteiger partial charge in [0, 0.05) is 14.0 Å². The Labute approximate surface area is 129 Å². The zero-order valence-corrected chi connectivity index (χ0v) is 13.0. The van der Waals surface area contributed by atoms with Crippen LogP contribution in [0.3, 0.4) is 0 Å². The summed E-state index contributed by atoms with van der Waals surface area (Å²) >= 11 is 0. The first kappa shape index (κ1) is 16.9. The number of esters is 1. The Morgan fingerprint density at radius 1 is 1.27 bits per heavy atom. The van der Waals surface area contributed by atoms with Crippen molar-refractivity contribution >= 4 is 5.97 Å². The summed E-state index contributed by atoms with van der Waals surface area (Å²) in [5.41, 5.74) is 0.986. The van der Waals surface area contributed by atoms with E-state index in [1.165, 1.54) is 14.0 Å². The average Bonchev–Trinajstić information content (AvgIpc) is 2.50. The van der Waals surface area contributed by atoms with Crippen LogP contribution in [-0.4, -0.2) is 48.9 Å². The lowest BCUT2D eigenvalue weighted by Gasteiger charge is -2.42. The molecule has 2 rings (SSSR count). The van der Waals surface area contributed by atoms with Crippen molar-refractivity contribution in [1.82, 2.24) is 0 Å².